The summed E-state index contributed by atoms with van der Waals surface area (Å²) in [5.74, 6) is -0.330. The maximum absolute atomic E-state index is 13.3. The van der Waals surface area contributed by atoms with Crippen molar-refractivity contribution in [2.45, 2.75) is 38.7 Å². The maximum Gasteiger partial charge on any atom is 0.573 e. The maximum atomic E-state index is 13.3. The van der Waals surface area contributed by atoms with Crippen LogP contribution in [0.1, 0.15) is 26.0 Å². The van der Waals surface area contributed by atoms with Gasteiger partial charge >= 0.3 is 12.4 Å². The number of hydrogen-bond acceptors (Lipinski definition) is 4. The third-order valence-corrected chi connectivity index (χ3v) is 5.24. The summed E-state index contributed by atoms with van der Waals surface area (Å²) in [4.78, 5) is 20.8. The second-order valence-electron chi connectivity index (χ2n) is 7.69. The summed E-state index contributed by atoms with van der Waals surface area (Å²) >= 11 is 0. The van der Waals surface area contributed by atoms with Crippen LogP contribution in [0.25, 0.3) is 11.0 Å². The van der Waals surface area contributed by atoms with Crippen LogP contribution in [0.5, 0.6) is 5.75 Å². The number of rotatable bonds is 4. The molecule has 1 saturated heterocycles. The van der Waals surface area contributed by atoms with Gasteiger partial charge in [0.2, 0.25) is 0 Å². The Labute approximate surface area is 170 Å². The molecule has 3 heterocycles. The number of amides is 2. The summed E-state index contributed by atoms with van der Waals surface area (Å²) in [6, 6.07) is 8.75. The third-order valence-electron chi connectivity index (χ3n) is 5.24. The number of alkyl halides is 3. The summed E-state index contributed by atoms with van der Waals surface area (Å²) in [7, 11) is 0. The van der Waals surface area contributed by atoms with Gasteiger partial charge in [-0.25, -0.2) is 9.78 Å². The van der Waals surface area contributed by atoms with E-state index < -0.39 is 11.9 Å². The lowest BCUT2D eigenvalue weighted by atomic mass is 9.94. The van der Waals surface area contributed by atoms with Gasteiger partial charge in [-0.2, -0.15) is 5.10 Å². The van der Waals surface area contributed by atoms with Crippen LogP contribution in [0.4, 0.5) is 23.7 Å². The van der Waals surface area contributed by atoms with Crippen LogP contribution in [0.2, 0.25) is 0 Å². The lowest BCUT2D eigenvalue weighted by molar-refractivity contribution is -0.274. The van der Waals surface area contributed by atoms with E-state index in [0.29, 0.717) is 30.0 Å². The second kappa shape index (κ2) is 7.19. The Morgan fingerprint density at radius 1 is 1.20 bits per heavy atom. The number of H-pyrrole nitrogens is 1. The van der Waals surface area contributed by atoms with E-state index in [2.05, 4.69) is 19.9 Å². The van der Waals surface area contributed by atoms with Gasteiger partial charge in [-0.05, 0) is 56.7 Å². The molecule has 0 atom stereocenters. The number of halogens is 3. The van der Waals surface area contributed by atoms with Crippen LogP contribution in [0.15, 0.2) is 42.6 Å². The number of carbonyl (C=O) groups is 1. The van der Waals surface area contributed by atoms with Crippen LogP contribution in [0, 0.1) is 0 Å². The second-order valence-corrected chi connectivity index (χ2v) is 7.69. The molecule has 1 fully saturated rings. The molecule has 1 aliphatic heterocycles. The van der Waals surface area contributed by atoms with Crippen molar-refractivity contribution in [3.8, 4) is 5.75 Å². The Kier molecular flexibility index (Phi) is 4.79. The molecule has 0 radical (unpaired) electrons. The molecule has 1 aromatic carbocycles. The summed E-state index contributed by atoms with van der Waals surface area (Å²) < 4.78 is 41.0. The van der Waals surface area contributed by atoms with Gasteiger partial charge in [0.15, 0.2) is 5.65 Å². The number of benzene rings is 1. The van der Waals surface area contributed by atoms with E-state index in [1.165, 1.54) is 24.3 Å². The third kappa shape index (κ3) is 3.89. The molecule has 0 spiro atoms. The first-order chi connectivity index (χ1) is 14.1. The van der Waals surface area contributed by atoms with Crippen LogP contribution in [-0.4, -0.2) is 44.6 Å². The molecule has 10 heteroatoms. The van der Waals surface area contributed by atoms with Crippen molar-refractivity contribution < 1.29 is 22.7 Å². The number of urea groups is 1. The molecule has 4 rings (SSSR count). The lowest BCUT2D eigenvalue weighted by Gasteiger charge is -2.46. The van der Waals surface area contributed by atoms with Gasteiger partial charge in [-0.3, -0.25) is 10.00 Å². The molecule has 3 aromatic rings. The van der Waals surface area contributed by atoms with Gasteiger partial charge in [-0.1, -0.05) is 0 Å². The molecule has 1 aliphatic rings. The number of fused-ring (bicyclic) bond motifs is 1. The molecular formula is C20H20F3N5O2. The molecule has 1 N–H and O–H groups in total. The average molecular weight is 419 g/mol. The highest BCUT2D eigenvalue weighted by molar-refractivity contribution is 5.93. The topological polar surface area (TPSA) is 74.3 Å². The Bertz CT molecular complexity index is 1060. The number of hydrogen-bond donors (Lipinski definition) is 1. The van der Waals surface area contributed by atoms with E-state index >= 15 is 0 Å². The molecule has 0 unspecified atom stereocenters. The smallest absolute Gasteiger partial charge is 0.406 e. The van der Waals surface area contributed by atoms with Crippen LogP contribution >= 0.6 is 0 Å². The SMILES string of the molecule is CC1(C)CCN(c2ccc(OC(F)(F)F)cc2)C(=O)N1Cc1n[nH]c2ncccc12. The molecule has 0 aliphatic carbocycles. The van der Waals surface area contributed by atoms with E-state index in [9.17, 15) is 18.0 Å². The molecule has 2 amide bonds. The molecule has 30 heavy (non-hydrogen) atoms. The summed E-state index contributed by atoms with van der Waals surface area (Å²) in [5.41, 5.74) is 1.44. The van der Waals surface area contributed by atoms with Crippen molar-refractivity contribution >= 4 is 22.8 Å². The number of ether oxygens (including phenoxy) is 1. The minimum atomic E-state index is -4.76. The number of pyridine rings is 1. The Morgan fingerprint density at radius 2 is 1.93 bits per heavy atom. The van der Waals surface area contributed by atoms with E-state index in [1.54, 1.807) is 22.1 Å². The molecule has 7 nitrogen and oxygen atoms in total. The van der Waals surface area contributed by atoms with Crippen LogP contribution in [-0.2, 0) is 6.54 Å². The number of anilines is 1. The molecular weight excluding hydrogens is 399 g/mol. The number of nitrogens with one attached hydrogen (secondary N) is 1. The molecule has 0 saturated carbocycles. The van der Waals surface area contributed by atoms with Gasteiger partial charge < -0.3 is 9.64 Å². The highest BCUT2D eigenvalue weighted by Crippen LogP contribution is 2.33. The Balaban J connectivity index is 1.58. The standard InChI is InChI=1S/C20H20F3N5O2/c1-19(2)9-11-27(13-5-7-14(8-6-13)30-20(21,22)23)18(29)28(19)12-16-15-4-3-10-24-17(15)26-25-16/h3-8,10H,9,11-12H2,1-2H3,(H,24,25,26). The monoisotopic (exact) mass is 419 g/mol. The zero-order chi connectivity index (χ0) is 21.5. The van der Waals surface area contributed by atoms with E-state index in [1.807, 2.05) is 19.9 Å². The van der Waals surface area contributed by atoms with Crippen LogP contribution in [0.3, 0.4) is 0 Å². The Morgan fingerprint density at radius 3 is 2.63 bits per heavy atom. The first-order valence-corrected chi connectivity index (χ1v) is 9.37. The predicted molar refractivity (Wildman–Crippen MR) is 104 cm³/mol. The number of aromatic amines is 1. The summed E-state index contributed by atoms with van der Waals surface area (Å²) in [6.07, 6.45) is -2.42. The van der Waals surface area contributed by atoms with Gasteiger partial charge in [0, 0.05) is 29.4 Å². The average Bonchev–Trinajstić information content (AvgIpc) is 3.08. The normalized spacial score (nSPS) is 16.9. The van der Waals surface area contributed by atoms with E-state index in [4.69, 9.17) is 0 Å². The Hall–Kier alpha value is -3.30. The van der Waals surface area contributed by atoms with Gasteiger partial charge in [-0.15, -0.1) is 13.2 Å². The van der Waals surface area contributed by atoms with Crippen molar-refractivity contribution in [2.75, 3.05) is 11.4 Å². The fourth-order valence-electron chi connectivity index (χ4n) is 3.55. The van der Waals surface area contributed by atoms with Crippen LogP contribution < -0.4 is 9.64 Å². The summed E-state index contributed by atoms with van der Waals surface area (Å²) in [5, 5.41) is 8.02. The minimum absolute atomic E-state index is 0.240. The largest absolute Gasteiger partial charge is 0.573 e. The fraction of sp³-hybridized carbons (Fsp3) is 0.350. The van der Waals surface area contributed by atoms with Gasteiger partial charge in [0.25, 0.3) is 0 Å². The van der Waals surface area contributed by atoms with Gasteiger partial charge in [0.1, 0.15) is 5.75 Å². The van der Waals surface area contributed by atoms with Crippen molar-refractivity contribution in [3.05, 3.63) is 48.3 Å². The fourth-order valence-corrected chi connectivity index (χ4v) is 3.55. The highest BCUT2D eigenvalue weighted by Gasteiger charge is 2.40. The van der Waals surface area contributed by atoms with Crippen molar-refractivity contribution in [1.29, 1.82) is 0 Å². The van der Waals surface area contributed by atoms with Gasteiger partial charge in [0.05, 0.1) is 12.2 Å². The summed E-state index contributed by atoms with van der Waals surface area (Å²) in [6.45, 7) is 4.69. The zero-order valence-corrected chi connectivity index (χ0v) is 16.4. The highest BCUT2D eigenvalue weighted by atomic mass is 19.4. The van der Waals surface area contributed by atoms with Crippen molar-refractivity contribution in [1.82, 2.24) is 20.1 Å². The van der Waals surface area contributed by atoms with Crippen molar-refractivity contribution in [2.24, 2.45) is 0 Å². The first-order valence-electron chi connectivity index (χ1n) is 9.37. The molecule has 0 bridgehead atoms. The molecule has 158 valence electrons. The van der Waals surface area contributed by atoms with Crippen molar-refractivity contribution in [3.63, 3.8) is 0 Å². The number of aromatic nitrogens is 3. The zero-order valence-electron chi connectivity index (χ0n) is 16.4. The van der Waals surface area contributed by atoms with E-state index in [-0.39, 0.29) is 18.3 Å². The number of nitrogens with zero attached hydrogens (tertiary/aromatic N) is 4. The quantitative estimate of drug-likeness (QED) is 0.677. The minimum Gasteiger partial charge on any atom is -0.406 e. The van der Waals surface area contributed by atoms with E-state index in [0.717, 1.165) is 5.39 Å². The predicted octanol–water partition coefficient (Wildman–Crippen LogP) is 4.47. The number of carbonyl (C=O) groups excluding carboxylic acids is 1. The molecule has 2 aromatic heterocycles. The first kappa shape index (κ1) is 20.0. The lowest BCUT2D eigenvalue weighted by Crippen LogP contribution is -2.59.